The van der Waals surface area contributed by atoms with Gasteiger partial charge in [0.15, 0.2) is 0 Å². The summed E-state index contributed by atoms with van der Waals surface area (Å²) in [5, 5.41) is 2.89. The Morgan fingerprint density at radius 1 is 1.13 bits per heavy atom. The average molecular weight is 433 g/mol. The largest absolute Gasteiger partial charge is 0.322 e. The third kappa shape index (κ3) is 3.64. The van der Waals surface area contributed by atoms with E-state index < -0.39 is 10.0 Å². The Labute approximate surface area is 179 Å². The van der Waals surface area contributed by atoms with Gasteiger partial charge < -0.3 is 5.32 Å². The summed E-state index contributed by atoms with van der Waals surface area (Å²) in [5.41, 5.74) is 4.37. The highest BCUT2D eigenvalue weighted by molar-refractivity contribution is 7.92. The highest BCUT2D eigenvalue weighted by atomic mass is 32.2. The number of hydrogen-bond acceptors (Lipinski definition) is 5. The number of aromatic nitrogens is 3. The van der Waals surface area contributed by atoms with Crippen molar-refractivity contribution in [2.45, 2.75) is 6.42 Å². The van der Waals surface area contributed by atoms with Crippen molar-refractivity contribution in [2.24, 2.45) is 0 Å². The van der Waals surface area contributed by atoms with E-state index in [4.69, 9.17) is 0 Å². The van der Waals surface area contributed by atoms with Crippen molar-refractivity contribution in [2.75, 3.05) is 22.4 Å². The van der Waals surface area contributed by atoms with Gasteiger partial charge in [0.25, 0.3) is 5.91 Å². The maximum Gasteiger partial charge on any atom is 0.255 e. The van der Waals surface area contributed by atoms with E-state index in [9.17, 15) is 13.2 Å². The molecule has 9 heteroatoms. The van der Waals surface area contributed by atoms with Gasteiger partial charge in [-0.3, -0.25) is 13.5 Å². The van der Waals surface area contributed by atoms with E-state index in [0.29, 0.717) is 35.7 Å². The predicted octanol–water partition coefficient (Wildman–Crippen LogP) is 2.97. The van der Waals surface area contributed by atoms with Gasteiger partial charge in [0, 0.05) is 41.9 Å². The van der Waals surface area contributed by atoms with Crippen LogP contribution >= 0.6 is 0 Å². The van der Waals surface area contributed by atoms with E-state index in [1.807, 2.05) is 47.1 Å². The van der Waals surface area contributed by atoms with E-state index in [0.717, 1.165) is 16.8 Å². The van der Waals surface area contributed by atoms with Crippen molar-refractivity contribution >= 4 is 33.1 Å². The summed E-state index contributed by atoms with van der Waals surface area (Å²) in [7, 11) is -3.31. The fourth-order valence-corrected chi connectivity index (χ4v) is 4.71. The maximum atomic E-state index is 12.7. The molecule has 0 saturated heterocycles. The number of fused-ring (bicyclic) bond motifs is 2. The van der Waals surface area contributed by atoms with Crippen LogP contribution in [-0.2, 0) is 16.4 Å². The van der Waals surface area contributed by atoms with Crippen LogP contribution in [0.25, 0.3) is 17.0 Å². The van der Waals surface area contributed by atoms with Crippen molar-refractivity contribution in [1.29, 1.82) is 0 Å². The SMILES string of the molecule is CS(=O)(=O)N1CCc2cc(C(=O)Nc3ccc(-c4cn5cccnc5n4)cc3)ccc21. The molecule has 5 rings (SSSR count). The van der Waals surface area contributed by atoms with Crippen molar-refractivity contribution < 1.29 is 13.2 Å². The van der Waals surface area contributed by atoms with Crippen LogP contribution in [0.5, 0.6) is 0 Å². The molecule has 156 valence electrons. The minimum absolute atomic E-state index is 0.245. The number of hydrogen-bond donors (Lipinski definition) is 1. The van der Waals surface area contributed by atoms with Crippen LogP contribution in [-0.4, -0.2) is 41.5 Å². The third-order valence-corrected chi connectivity index (χ3v) is 6.45. The van der Waals surface area contributed by atoms with Gasteiger partial charge in [-0.1, -0.05) is 12.1 Å². The second-order valence-electron chi connectivity index (χ2n) is 7.41. The Hall–Kier alpha value is -3.72. The first-order valence-corrected chi connectivity index (χ1v) is 11.6. The van der Waals surface area contributed by atoms with Gasteiger partial charge in [-0.15, -0.1) is 0 Å². The lowest BCUT2D eigenvalue weighted by Crippen LogP contribution is -2.27. The molecule has 0 bridgehead atoms. The first-order valence-electron chi connectivity index (χ1n) is 9.71. The molecule has 3 heterocycles. The molecule has 8 nitrogen and oxygen atoms in total. The van der Waals surface area contributed by atoms with Gasteiger partial charge in [-0.25, -0.2) is 18.4 Å². The number of benzene rings is 2. The van der Waals surface area contributed by atoms with Crippen LogP contribution in [0.3, 0.4) is 0 Å². The van der Waals surface area contributed by atoms with Crippen molar-refractivity contribution in [3.8, 4) is 11.3 Å². The Morgan fingerprint density at radius 2 is 1.94 bits per heavy atom. The van der Waals surface area contributed by atoms with Crippen molar-refractivity contribution in [1.82, 2.24) is 14.4 Å². The monoisotopic (exact) mass is 433 g/mol. The second-order valence-corrected chi connectivity index (χ2v) is 9.32. The summed E-state index contributed by atoms with van der Waals surface area (Å²) >= 11 is 0. The Bertz CT molecular complexity index is 1380. The highest BCUT2D eigenvalue weighted by Crippen LogP contribution is 2.31. The minimum atomic E-state index is -3.31. The van der Waals surface area contributed by atoms with Gasteiger partial charge >= 0.3 is 0 Å². The summed E-state index contributed by atoms with van der Waals surface area (Å²) in [6.45, 7) is 0.402. The van der Waals surface area contributed by atoms with Gasteiger partial charge in [0.2, 0.25) is 15.8 Å². The van der Waals surface area contributed by atoms with Gasteiger partial charge in [0.1, 0.15) is 0 Å². The molecule has 1 amide bonds. The molecule has 4 aromatic rings. The van der Waals surface area contributed by atoms with Gasteiger partial charge in [-0.05, 0) is 48.4 Å². The number of nitrogens with one attached hydrogen (secondary N) is 1. The van der Waals surface area contributed by atoms with Crippen LogP contribution in [0.15, 0.2) is 67.1 Å². The predicted molar refractivity (Wildman–Crippen MR) is 119 cm³/mol. The molecule has 0 saturated carbocycles. The molecule has 0 aliphatic carbocycles. The lowest BCUT2D eigenvalue weighted by Gasteiger charge is -2.16. The Kier molecular flexibility index (Phi) is 4.48. The van der Waals surface area contributed by atoms with Crippen LogP contribution in [0, 0.1) is 0 Å². The normalized spacial score (nSPS) is 13.4. The summed E-state index contributed by atoms with van der Waals surface area (Å²) in [6, 6.07) is 14.4. The lowest BCUT2D eigenvalue weighted by molar-refractivity contribution is 0.102. The molecule has 0 spiro atoms. The molecule has 0 atom stereocenters. The zero-order valence-electron chi connectivity index (χ0n) is 16.7. The summed E-state index contributed by atoms with van der Waals surface area (Å²) in [6.07, 6.45) is 7.27. The number of rotatable bonds is 4. The molecule has 0 fully saturated rings. The number of carbonyl (C=O) groups is 1. The third-order valence-electron chi connectivity index (χ3n) is 5.27. The Morgan fingerprint density at radius 3 is 2.68 bits per heavy atom. The number of carbonyl (C=O) groups excluding carboxylic acids is 1. The van der Waals surface area contributed by atoms with E-state index >= 15 is 0 Å². The van der Waals surface area contributed by atoms with Gasteiger partial charge in [0.05, 0.1) is 17.6 Å². The minimum Gasteiger partial charge on any atom is -0.322 e. The first-order chi connectivity index (χ1) is 14.9. The molecule has 1 aliphatic rings. The summed E-state index contributed by atoms with van der Waals surface area (Å²) in [4.78, 5) is 21.4. The van der Waals surface area contributed by atoms with E-state index in [-0.39, 0.29) is 5.91 Å². The van der Waals surface area contributed by atoms with Crippen LogP contribution in [0.4, 0.5) is 11.4 Å². The second kappa shape index (κ2) is 7.21. The molecule has 31 heavy (non-hydrogen) atoms. The highest BCUT2D eigenvalue weighted by Gasteiger charge is 2.26. The van der Waals surface area contributed by atoms with Crippen LogP contribution in [0.2, 0.25) is 0 Å². The number of nitrogens with zero attached hydrogens (tertiary/aromatic N) is 4. The number of imidazole rings is 1. The zero-order chi connectivity index (χ0) is 21.6. The molecule has 2 aromatic heterocycles. The first kappa shape index (κ1) is 19.3. The standard InChI is InChI=1S/C22H19N5O3S/c1-31(29,30)27-12-9-16-13-17(5-8-20(16)27)21(28)24-18-6-3-15(4-7-18)19-14-26-11-2-10-23-22(26)25-19/h2-8,10-11,13-14H,9,12H2,1H3,(H,24,28). The molecular formula is C22H19N5O3S. The molecule has 0 radical (unpaired) electrons. The van der Waals surface area contributed by atoms with E-state index in [2.05, 4.69) is 15.3 Å². The number of sulfonamides is 1. The molecule has 1 N–H and O–H groups in total. The zero-order valence-corrected chi connectivity index (χ0v) is 17.5. The smallest absolute Gasteiger partial charge is 0.255 e. The summed E-state index contributed by atoms with van der Waals surface area (Å²) < 4.78 is 27.0. The fraction of sp³-hybridized carbons (Fsp3) is 0.136. The average Bonchev–Trinajstić information content (AvgIpc) is 3.37. The maximum absolute atomic E-state index is 12.7. The van der Waals surface area contributed by atoms with E-state index in [1.54, 1.807) is 24.4 Å². The van der Waals surface area contributed by atoms with Crippen molar-refractivity contribution in [3.63, 3.8) is 0 Å². The topological polar surface area (TPSA) is 96.7 Å². The van der Waals surface area contributed by atoms with Gasteiger partial charge in [-0.2, -0.15) is 0 Å². The summed E-state index contributed by atoms with van der Waals surface area (Å²) in [5.74, 6) is 0.381. The van der Waals surface area contributed by atoms with Crippen LogP contribution in [0.1, 0.15) is 15.9 Å². The van der Waals surface area contributed by atoms with Crippen molar-refractivity contribution in [3.05, 3.63) is 78.2 Å². The number of amides is 1. The molecule has 0 unspecified atom stereocenters. The molecule has 2 aromatic carbocycles. The quantitative estimate of drug-likeness (QED) is 0.534. The fourth-order valence-electron chi connectivity index (χ4n) is 3.75. The lowest BCUT2D eigenvalue weighted by atomic mass is 10.1. The molecular weight excluding hydrogens is 414 g/mol. The number of anilines is 2. The Balaban J connectivity index is 1.33. The van der Waals surface area contributed by atoms with E-state index in [1.165, 1.54) is 10.6 Å². The molecule has 1 aliphatic heterocycles. The van der Waals surface area contributed by atoms with Crippen LogP contribution < -0.4 is 9.62 Å².